The average Bonchev–Trinajstić information content (AvgIpc) is 2.58. The minimum absolute atomic E-state index is 0.194. The van der Waals surface area contributed by atoms with Crippen LogP contribution in [-0.2, 0) is 6.54 Å². The van der Waals surface area contributed by atoms with Crippen LogP contribution >= 0.6 is 11.3 Å². The molecule has 0 aliphatic carbocycles. The van der Waals surface area contributed by atoms with Gasteiger partial charge in [-0.2, -0.15) is 0 Å². The second-order valence-corrected chi connectivity index (χ2v) is 5.08. The lowest BCUT2D eigenvalue weighted by molar-refractivity contribution is 0.116. The normalized spacial score (nSPS) is 13.4. The summed E-state index contributed by atoms with van der Waals surface area (Å²) in [5.41, 5.74) is 2.98. The van der Waals surface area contributed by atoms with Gasteiger partial charge in [0.2, 0.25) is 0 Å². The number of aliphatic hydroxyl groups excluding tert-OH is 1. The van der Waals surface area contributed by atoms with E-state index in [1.807, 2.05) is 26.3 Å². The van der Waals surface area contributed by atoms with Crippen LogP contribution in [0.2, 0.25) is 0 Å². The SMILES string of the molecule is Cc1ncsc1CNCCC(O)C(C)C. The molecule has 1 aromatic rings. The highest BCUT2D eigenvalue weighted by Crippen LogP contribution is 2.11. The molecule has 86 valence electrons. The second kappa shape index (κ2) is 6.20. The lowest BCUT2D eigenvalue weighted by Crippen LogP contribution is -2.23. The zero-order chi connectivity index (χ0) is 11.3. The number of nitrogens with zero attached hydrogens (tertiary/aromatic N) is 1. The smallest absolute Gasteiger partial charge is 0.0798 e. The highest BCUT2D eigenvalue weighted by Gasteiger charge is 2.08. The van der Waals surface area contributed by atoms with Gasteiger partial charge in [0.25, 0.3) is 0 Å². The van der Waals surface area contributed by atoms with Crippen molar-refractivity contribution in [3.05, 3.63) is 16.1 Å². The van der Waals surface area contributed by atoms with E-state index in [-0.39, 0.29) is 6.10 Å². The molecule has 0 bridgehead atoms. The van der Waals surface area contributed by atoms with Crippen molar-refractivity contribution in [2.45, 2.75) is 39.8 Å². The molecule has 3 nitrogen and oxygen atoms in total. The molecule has 0 aliphatic heterocycles. The monoisotopic (exact) mass is 228 g/mol. The van der Waals surface area contributed by atoms with Crippen molar-refractivity contribution in [1.29, 1.82) is 0 Å². The molecule has 2 N–H and O–H groups in total. The third-order valence-electron chi connectivity index (χ3n) is 2.52. The first-order valence-electron chi connectivity index (χ1n) is 5.39. The quantitative estimate of drug-likeness (QED) is 0.732. The van der Waals surface area contributed by atoms with E-state index >= 15 is 0 Å². The van der Waals surface area contributed by atoms with Gasteiger partial charge in [-0.1, -0.05) is 13.8 Å². The van der Waals surface area contributed by atoms with Crippen LogP contribution in [0.3, 0.4) is 0 Å². The zero-order valence-electron chi connectivity index (χ0n) is 9.66. The minimum Gasteiger partial charge on any atom is -0.393 e. The molecule has 15 heavy (non-hydrogen) atoms. The van der Waals surface area contributed by atoms with Crippen LogP contribution in [0.25, 0.3) is 0 Å². The fourth-order valence-corrected chi connectivity index (χ4v) is 2.03. The Morgan fingerprint density at radius 3 is 2.80 bits per heavy atom. The van der Waals surface area contributed by atoms with Crippen LogP contribution in [0.15, 0.2) is 5.51 Å². The third-order valence-corrected chi connectivity index (χ3v) is 3.45. The van der Waals surface area contributed by atoms with Gasteiger partial charge in [-0.3, -0.25) is 0 Å². The Hall–Kier alpha value is -0.450. The molecule has 1 heterocycles. The molecule has 0 saturated heterocycles. The molecule has 4 heteroatoms. The molecule has 0 radical (unpaired) electrons. The lowest BCUT2D eigenvalue weighted by atomic mass is 10.0. The van der Waals surface area contributed by atoms with Crippen LogP contribution in [0.5, 0.6) is 0 Å². The van der Waals surface area contributed by atoms with Crippen molar-refractivity contribution >= 4 is 11.3 Å². The molecule has 1 rings (SSSR count). The largest absolute Gasteiger partial charge is 0.393 e. The van der Waals surface area contributed by atoms with Crippen molar-refractivity contribution in [3.8, 4) is 0 Å². The molecule has 0 aliphatic rings. The maximum absolute atomic E-state index is 9.59. The van der Waals surface area contributed by atoms with Crippen LogP contribution < -0.4 is 5.32 Å². The van der Waals surface area contributed by atoms with Gasteiger partial charge in [0.05, 0.1) is 17.3 Å². The summed E-state index contributed by atoms with van der Waals surface area (Å²) < 4.78 is 0. The van der Waals surface area contributed by atoms with Crippen LogP contribution in [0, 0.1) is 12.8 Å². The summed E-state index contributed by atoms with van der Waals surface area (Å²) in [6.45, 7) is 7.82. The van der Waals surface area contributed by atoms with Crippen LogP contribution in [-0.4, -0.2) is 22.7 Å². The number of hydrogen-bond donors (Lipinski definition) is 2. The number of nitrogens with one attached hydrogen (secondary N) is 1. The number of aryl methyl sites for hydroxylation is 1. The molecule has 0 fully saturated rings. The highest BCUT2D eigenvalue weighted by atomic mass is 32.1. The maximum atomic E-state index is 9.59. The topological polar surface area (TPSA) is 45.2 Å². The highest BCUT2D eigenvalue weighted by molar-refractivity contribution is 7.09. The predicted octanol–water partition coefficient (Wildman–Crippen LogP) is 1.95. The van der Waals surface area contributed by atoms with E-state index in [1.165, 1.54) is 4.88 Å². The number of aliphatic hydroxyl groups is 1. The van der Waals surface area contributed by atoms with E-state index in [0.717, 1.165) is 25.2 Å². The minimum atomic E-state index is -0.194. The Morgan fingerprint density at radius 1 is 1.53 bits per heavy atom. The first kappa shape index (κ1) is 12.6. The predicted molar refractivity (Wildman–Crippen MR) is 64.0 cm³/mol. The Bertz CT molecular complexity index is 286. The Morgan fingerprint density at radius 2 is 2.27 bits per heavy atom. The number of rotatable bonds is 6. The lowest BCUT2D eigenvalue weighted by Gasteiger charge is -2.14. The van der Waals surface area contributed by atoms with Crippen molar-refractivity contribution in [3.63, 3.8) is 0 Å². The Labute approximate surface area is 95.6 Å². The summed E-state index contributed by atoms with van der Waals surface area (Å²) in [5.74, 6) is 0.344. The van der Waals surface area contributed by atoms with Crippen molar-refractivity contribution in [2.24, 2.45) is 5.92 Å². The Balaban J connectivity index is 2.15. The van der Waals surface area contributed by atoms with Crippen molar-refractivity contribution in [1.82, 2.24) is 10.3 Å². The van der Waals surface area contributed by atoms with Gasteiger partial charge in [0.15, 0.2) is 0 Å². The van der Waals surface area contributed by atoms with E-state index in [4.69, 9.17) is 0 Å². The van der Waals surface area contributed by atoms with E-state index in [0.29, 0.717) is 5.92 Å². The third kappa shape index (κ3) is 4.28. The van der Waals surface area contributed by atoms with Gasteiger partial charge < -0.3 is 10.4 Å². The molecular weight excluding hydrogens is 208 g/mol. The first-order valence-corrected chi connectivity index (χ1v) is 6.27. The van der Waals surface area contributed by atoms with E-state index in [2.05, 4.69) is 10.3 Å². The summed E-state index contributed by atoms with van der Waals surface area (Å²) in [7, 11) is 0. The van der Waals surface area contributed by atoms with Gasteiger partial charge in [0, 0.05) is 11.4 Å². The zero-order valence-corrected chi connectivity index (χ0v) is 10.5. The van der Waals surface area contributed by atoms with Crippen molar-refractivity contribution in [2.75, 3.05) is 6.54 Å². The Kier molecular flexibility index (Phi) is 5.22. The second-order valence-electron chi connectivity index (χ2n) is 4.14. The summed E-state index contributed by atoms with van der Waals surface area (Å²) in [6, 6.07) is 0. The van der Waals surface area contributed by atoms with E-state index < -0.39 is 0 Å². The van der Waals surface area contributed by atoms with Crippen molar-refractivity contribution < 1.29 is 5.11 Å². The molecule has 0 saturated carbocycles. The first-order chi connectivity index (χ1) is 7.11. The molecule has 0 spiro atoms. The van der Waals surface area contributed by atoms with Gasteiger partial charge in [0.1, 0.15) is 0 Å². The number of hydrogen-bond acceptors (Lipinski definition) is 4. The molecule has 0 amide bonds. The fraction of sp³-hybridized carbons (Fsp3) is 0.727. The summed E-state index contributed by atoms with van der Waals surface area (Å²) in [5, 5.41) is 12.9. The number of aromatic nitrogens is 1. The average molecular weight is 228 g/mol. The van der Waals surface area contributed by atoms with Crippen LogP contribution in [0.4, 0.5) is 0 Å². The van der Waals surface area contributed by atoms with Gasteiger partial charge in [-0.15, -0.1) is 11.3 Å². The molecular formula is C11H20N2OS. The molecule has 1 aromatic heterocycles. The maximum Gasteiger partial charge on any atom is 0.0798 e. The summed E-state index contributed by atoms with van der Waals surface area (Å²) >= 11 is 1.68. The summed E-state index contributed by atoms with van der Waals surface area (Å²) in [4.78, 5) is 5.47. The summed E-state index contributed by atoms with van der Waals surface area (Å²) in [6.07, 6.45) is 0.621. The fourth-order valence-electron chi connectivity index (χ4n) is 1.28. The standard InChI is InChI=1S/C11H20N2OS/c1-8(2)10(14)4-5-12-6-11-9(3)13-7-15-11/h7-8,10,12,14H,4-6H2,1-3H3. The van der Waals surface area contributed by atoms with Gasteiger partial charge >= 0.3 is 0 Å². The van der Waals surface area contributed by atoms with Gasteiger partial charge in [-0.05, 0) is 25.8 Å². The number of thiazole rings is 1. The molecule has 1 unspecified atom stereocenters. The van der Waals surface area contributed by atoms with Crippen LogP contribution in [0.1, 0.15) is 30.8 Å². The van der Waals surface area contributed by atoms with E-state index in [9.17, 15) is 5.11 Å². The molecule has 1 atom stereocenters. The molecule has 0 aromatic carbocycles. The van der Waals surface area contributed by atoms with E-state index in [1.54, 1.807) is 11.3 Å². The van der Waals surface area contributed by atoms with Gasteiger partial charge in [-0.25, -0.2) is 4.98 Å².